The minimum Gasteiger partial charge on any atom is -0.530 e. The third-order valence-corrected chi connectivity index (χ3v) is 9.27. The monoisotopic (exact) mass is 761 g/mol. The summed E-state index contributed by atoms with van der Waals surface area (Å²) in [6.07, 6.45) is -11.2. The van der Waals surface area contributed by atoms with Crippen LogP contribution in [0.3, 0.4) is 0 Å². The van der Waals surface area contributed by atoms with E-state index in [4.69, 9.17) is 4.74 Å². The number of ether oxygens (including phenoxy) is 1. The van der Waals surface area contributed by atoms with E-state index >= 15 is 4.39 Å². The molecular weight excluding hydrogens is 721 g/mol. The van der Waals surface area contributed by atoms with E-state index < -0.39 is 52.8 Å². The first-order chi connectivity index (χ1) is 25.3. The summed E-state index contributed by atoms with van der Waals surface area (Å²) in [5, 5.41) is 15.7. The highest BCUT2D eigenvalue weighted by atomic mass is 19.4. The molecule has 0 aliphatic carbocycles. The molecule has 16 heteroatoms. The van der Waals surface area contributed by atoms with Gasteiger partial charge in [0.1, 0.15) is 18.5 Å². The third kappa shape index (κ3) is 9.58. The molecule has 1 aromatic heterocycles. The molecule has 1 N–H and O–H groups in total. The maximum absolute atomic E-state index is 15.1. The van der Waals surface area contributed by atoms with Crippen LogP contribution in [0, 0.1) is 26.6 Å². The zero-order valence-electron chi connectivity index (χ0n) is 30.3. The van der Waals surface area contributed by atoms with Gasteiger partial charge in [0.25, 0.3) is 0 Å². The molecule has 0 bridgehead atoms. The fraction of sp³-hybridized carbons (Fsp3) is 0.395. The summed E-state index contributed by atoms with van der Waals surface area (Å²) < 4.78 is 105. The van der Waals surface area contributed by atoms with Gasteiger partial charge in [-0.2, -0.15) is 31.3 Å². The zero-order chi connectivity index (χ0) is 39.5. The van der Waals surface area contributed by atoms with Crippen LogP contribution in [-0.4, -0.2) is 71.2 Å². The predicted octanol–water partition coefficient (Wildman–Crippen LogP) is 7.67. The Morgan fingerprint density at radius 2 is 1.52 bits per heavy atom. The molecule has 3 aromatic carbocycles. The first kappa shape index (κ1) is 40.2. The molecular formula is C38H40F7N6O3-. The number of rotatable bonds is 11. The van der Waals surface area contributed by atoms with Gasteiger partial charge in [0.05, 0.1) is 17.2 Å². The Balaban J connectivity index is 1.45. The van der Waals surface area contributed by atoms with Crippen molar-refractivity contribution >= 4 is 23.5 Å². The number of hydrogen-bond acceptors (Lipinski definition) is 8. The lowest BCUT2D eigenvalue weighted by Crippen LogP contribution is -2.49. The fourth-order valence-corrected chi connectivity index (χ4v) is 6.69. The molecule has 54 heavy (non-hydrogen) atoms. The minimum atomic E-state index is -5.20. The summed E-state index contributed by atoms with van der Waals surface area (Å²) in [5.74, 6) is -1.38. The van der Waals surface area contributed by atoms with Gasteiger partial charge < -0.3 is 24.9 Å². The minimum absolute atomic E-state index is 0.00477. The van der Waals surface area contributed by atoms with Gasteiger partial charge in [-0.15, -0.1) is 0 Å². The van der Waals surface area contributed by atoms with Crippen LogP contribution in [0.15, 0.2) is 60.8 Å². The van der Waals surface area contributed by atoms with Gasteiger partial charge in [-0.05, 0) is 93.3 Å². The number of aromatic nitrogens is 2. The average Bonchev–Trinajstić information content (AvgIpc) is 3.07. The number of hydrogen-bond donors (Lipinski definition) is 1. The molecule has 2 heterocycles. The van der Waals surface area contributed by atoms with Crippen LogP contribution in [0.25, 0.3) is 0 Å². The summed E-state index contributed by atoms with van der Waals surface area (Å²) >= 11 is 0. The van der Waals surface area contributed by atoms with Crippen LogP contribution in [-0.2, 0) is 12.4 Å². The van der Waals surface area contributed by atoms with E-state index in [1.165, 1.54) is 12.1 Å². The van der Waals surface area contributed by atoms with E-state index in [1.54, 1.807) is 32.9 Å². The number of benzene rings is 3. The Labute approximate surface area is 308 Å². The molecule has 5 rings (SSSR count). The number of amides is 1. The molecule has 9 nitrogen and oxygen atoms in total. The lowest BCUT2D eigenvalue weighted by atomic mass is 9.87. The molecule has 1 saturated heterocycles. The summed E-state index contributed by atoms with van der Waals surface area (Å²) in [5.41, 5.74) is -2.08. The number of aryl methyl sites for hydroxylation is 3. The number of nitrogens with one attached hydrogen (secondary N) is 1. The van der Waals surface area contributed by atoms with Crippen molar-refractivity contribution in [3.8, 4) is 5.75 Å². The van der Waals surface area contributed by atoms with Gasteiger partial charge in [-0.3, -0.25) is 9.80 Å². The molecule has 1 atom stereocenters. The number of piperazine rings is 1. The maximum atomic E-state index is 15.1. The zero-order valence-corrected chi connectivity index (χ0v) is 30.3. The predicted molar refractivity (Wildman–Crippen MR) is 187 cm³/mol. The van der Waals surface area contributed by atoms with E-state index in [0.717, 1.165) is 50.1 Å². The Morgan fingerprint density at radius 1 is 0.907 bits per heavy atom. The Morgan fingerprint density at radius 3 is 2.06 bits per heavy atom. The van der Waals surface area contributed by atoms with Crippen molar-refractivity contribution in [2.24, 2.45) is 0 Å². The summed E-state index contributed by atoms with van der Waals surface area (Å²) in [4.78, 5) is 26.3. The number of carbonyl (C=O) groups is 1. The lowest BCUT2D eigenvalue weighted by Gasteiger charge is -2.36. The van der Waals surface area contributed by atoms with Gasteiger partial charge >= 0.3 is 12.4 Å². The standard InChI is InChI=1S/C38H41F7N6O3/c1-22(2)50-12-10-49(11-13-50)14-15-54-31-7-6-29(21-30(31)39)47-35-46-9-8-32(48-35)51(36(52)53)34(33-24(4)16-23(3)17-25(33)5)26-18-27(37(40,41)42)20-28(19-26)38(43,44)45/h6-9,16-22,34H,10-15H2,1-5H3,(H,52,53)(H,46,47,48)/p-1. The normalized spacial score (nSPS) is 15.0. The van der Waals surface area contributed by atoms with Crippen LogP contribution >= 0.6 is 0 Å². The Kier molecular flexibility index (Phi) is 12.1. The molecule has 1 amide bonds. The van der Waals surface area contributed by atoms with Crippen molar-refractivity contribution in [1.82, 2.24) is 19.8 Å². The Hall–Kier alpha value is -4.96. The third-order valence-electron chi connectivity index (χ3n) is 9.27. The second-order valence-corrected chi connectivity index (χ2v) is 13.5. The van der Waals surface area contributed by atoms with Crippen LogP contribution in [0.2, 0.25) is 0 Å². The topological polar surface area (TPSA) is 96.9 Å². The number of alkyl halides is 6. The molecule has 4 aromatic rings. The molecule has 1 unspecified atom stereocenters. The molecule has 1 aliphatic rings. The number of carbonyl (C=O) groups excluding carboxylic acids is 1. The number of carboxylic acid groups (broad SMARTS) is 1. The largest absolute Gasteiger partial charge is 0.530 e. The van der Waals surface area contributed by atoms with E-state index in [9.17, 15) is 36.2 Å². The SMILES string of the molecule is Cc1cc(C)c(C(c2cc(C(F)(F)F)cc(C(F)(F)F)c2)N(C(=O)[O-])c2ccnc(Nc3ccc(OCCN4CCN(C(C)C)CC4)c(F)c3)n2)c(C)c1. The first-order valence-corrected chi connectivity index (χ1v) is 17.2. The van der Waals surface area contributed by atoms with Crippen molar-refractivity contribution in [3.05, 3.63) is 106 Å². The van der Waals surface area contributed by atoms with Gasteiger partial charge in [0, 0.05) is 56.7 Å². The summed E-state index contributed by atoms with van der Waals surface area (Å²) in [7, 11) is 0. The van der Waals surface area contributed by atoms with Crippen LogP contribution in [0.1, 0.15) is 58.8 Å². The number of anilines is 3. The van der Waals surface area contributed by atoms with Gasteiger partial charge in [0.2, 0.25) is 5.95 Å². The van der Waals surface area contributed by atoms with Crippen molar-refractivity contribution in [2.75, 3.05) is 49.5 Å². The quantitative estimate of drug-likeness (QED) is 0.156. The highest BCUT2D eigenvalue weighted by Gasteiger charge is 2.39. The smallest absolute Gasteiger partial charge is 0.416 e. The highest BCUT2D eigenvalue weighted by molar-refractivity contribution is 5.85. The molecule has 0 spiro atoms. The summed E-state index contributed by atoms with van der Waals surface area (Å²) in [6.45, 7) is 13.7. The fourth-order valence-electron chi connectivity index (χ4n) is 6.69. The van der Waals surface area contributed by atoms with Gasteiger partial charge in [-0.1, -0.05) is 17.7 Å². The Bertz CT molecular complexity index is 1910. The maximum Gasteiger partial charge on any atom is 0.416 e. The van der Waals surface area contributed by atoms with E-state index in [0.29, 0.717) is 40.7 Å². The first-order valence-electron chi connectivity index (χ1n) is 17.2. The molecule has 1 fully saturated rings. The highest BCUT2D eigenvalue weighted by Crippen LogP contribution is 2.42. The summed E-state index contributed by atoms with van der Waals surface area (Å²) in [6, 6.07) is 7.99. The van der Waals surface area contributed by atoms with Crippen molar-refractivity contribution in [3.63, 3.8) is 0 Å². The average molecular weight is 762 g/mol. The van der Waals surface area contributed by atoms with Crippen LogP contribution < -0.4 is 20.1 Å². The second kappa shape index (κ2) is 16.2. The van der Waals surface area contributed by atoms with Gasteiger partial charge in [0.15, 0.2) is 11.6 Å². The van der Waals surface area contributed by atoms with Crippen LogP contribution in [0.5, 0.6) is 5.75 Å². The molecule has 290 valence electrons. The van der Waals surface area contributed by atoms with Crippen LogP contribution in [0.4, 0.5) is 53.0 Å². The molecule has 1 aliphatic heterocycles. The lowest BCUT2D eigenvalue weighted by molar-refractivity contribution is -0.247. The number of halogens is 7. The van der Waals surface area contributed by atoms with E-state index in [1.807, 2.05) is 0 Å². The van der Waals surface area contributed by atoms with E-state index in [-0.39, 0.29) is 35.6 Å². The second-order valence-electron chi connectivity index (χ2n) is 13.5. The van der Waals surface area contributed by atoms with E-state index in [2.05, 4.69) is 38.9 Å². The van der Waals surface area contributed by atoms with Crippen molar-refractivity contribution in [2.45, 2.75) is 59.1 Å². The van der Waals surface area contributed by atoms with Gasteiger partial charge in [-0.25, -0.2) is 9.37 Å². The molecule has 0 radical (unpaired) electrons. The van der Waals surface area contributed by atoms with Crippen molar-refractivity contribution in [1.29, 1.82) is 0 Å². The molecule has 0 saturated carbocycles. The number of nitrogens with zero attached hydrogens (tertiary/aromatic N) is 5. The van der Waals surface area contributed by atoms with Crippen molar-refractivity contribution < 1.29 is 45.4 Å².